The Morgan fingerprint density at radius 1 is 1.56 bits per heavy atom. The second-order valence-electron chi connectivity index (χ2n) is 1.66. The van der Waals surface area contributed by atoms with Gasteiger partial charge in [0, 0.05) is 6.54 Å². The minimum Gasteiger partial charge on any atom is -0.263 e. The summed E-state index contributed by atoms with van der Waals surface area (Å²) in [4.78, 5) is 0. The van der Waals surface area contributed by atoms with E-state index in [2.05, 4.69) is 4.72 Å². The van der Waals surface area contributed by atoms with Crippen LogP contribution in [-0.2, 0) is 0 Å². The summed E-state index contributed by atoms with van der Waals surface area (Å²) in [5.74, 6) is 0. The molecule has 0 bridgehead atoms. The summed E-state index contributed by atoms with van der Waals surface area (Å²) in [5.41, 5.74) is 0. The molecule has 1 fully saturated rings. The number of hydrogen-bond acceptors (Lipinski definition) is 2. The lowest BCUT2D eigenvalue weighted by Crippen LogP contribution is -2.23. The molecule has 0 spiro atoms. The van der Waals surface area contributed by atoms with Gasteiger partial charge in [-0.2, -0.15) is 13.2 Å². The Labute approximate surface area is 55.1 Å². The van der Waals surface area contributed by atoms with Crippen molar-refractivity contribution in [2.45, 2.75) is 11.4 Å². The fraction of sp³-hybridized carbons (Fsp3) is 0.750. The third kappa shape index (κ3) is 1.76. The molecule has 0 aromatic rings. The Balaban J connectivity index is 2.42. The number of nitrogens with one attached hydrogen (secondary N) is 1. The van der Waals surface area contributed by atoms with E-state index < -0.39 is 11.4 Å². The SMILES string of the molecule is FC(F)(F)C1[CH]CNS1. The highest BCUT2D eigenvalue weighted by atomic mass is 32.2. The molecule has 1 unspecified atom stereocenters. The lowest BCUT2D eigenvalue weighted by atomic mass is 10.3. The Bertz CT molecular complexity index is 96.5. The van der Waals surface area contributed by atoms with Crippen molar-refractivity contribution in [1.29, 1.82) is 0 Å². The summed E-state index contributed by atoms with van der Waals surface area (Å²) in [6, 6.07) is 0. The van der Waals surface area contributed by atoms with Crippen LogP contribution in [0.4, 0.5) is 13.2 Å². The summed E-state index contributed by atoms with van der Waals surface area (Å²) in [6.45, 7) is 0.342. The Morgan fingerprint density at radius 3 is 2.44 bits per heavy atom. The largest absolute Gasteiger partial charge is 0.402 e. The molecule has 0 amide bonds. The van der Waals surface area contributed by atoms with Gasteiger partial charge in [0.05, 0.1) is 0 Å². The number of halogens is 3. The van der Waals surface area contributed by atoms with E-state index in [9.17, 15) is 13.2 Å². The fourth-order valence-corrected chi connectivity index (χ4v) is 1.24. The van der Waals surface area contributed by atoms with Crippen LogP contribution in [0.5, 0.6) is 0 Å². The van der Waals surface area contributed by atoms with Crippen LogP contribution in [0.3, 0.4) is 0 Å². The zero-order valence-corrected chi connectivity index (χ0v) is 5.22. The van der Waals surface area contributed by atoms with Crippen LogP contribution < -0.4 is 4.72 Å². The second kappa shape index (κ2) is 2.38. The highest BCUT2D eigenvalue weighted by Crippen LogP contribution is 2.33. The minimum absolute atomic E-state index is 0.342. The highest BCUT2D eigenvalue weighted by molar-refractivity contribution is 7.98. The number of alkyl halides is 3. The molecule has 1 rings (SSSR count). The summed E-state index contributed by atoms with van der Waals surface area (Å²) in [7, 11) is 0. The van der Waals surface area contributed by atoms with Crippen molar-refractivity contribution in [3.8, 4) is 0 Å². The molecule has 0 aromatic heterocycles. The number of rotatable bonds is 0. The lowest BCUT2D eigenvalue weighted by Gasteiger charge is -2.10. The predicted octanol–water partition coefficient (Wildman–Crippen LogP) is 1.37. The second-order valence-corrected chi connectivity index (χ2v) is 2.70. The Morgan fingerprint density at radius 2 is 2.22 bits per heavy atom. The maximum Gasteiger partial charge on any atom is 0.402 e. The maximum absolute atomic E-state index is 11.7. The van der Waals surface area contributed by atoms with Gasteiger partial charge < -0.3 is 0 Å². The van der Waals surface area contributed by atoms with Crippen LogP contribution >= 0.6 is 11.9 Å². The summed E-state index contributed by atoms with van der Waals surface area (Å²) in [5, 5.41) is -1.31. The monoisotopic (exact) mass is 156 g/mol. The standard InChI is InChI=1S/C4H5F3NS/c5-4(6,7)3-1-2-8-9-3/h1,3,8H,2H2. The first-order valence-corrected chi connectivity index (χ1v) is 3.27. The van der Waals surface area contributed by atoms with E-state index in [0.29, 0.717) is 6.54 Å². The van der Waals surface area contributed by atoms with E-state index in [-0.39, 0.29) is 0 Å². The van der Waals surface area contributed by atoms with Crippen LogP contribution in [0.15, 0.2) is 0 Å². The van der Waals surface area contributed by atoms with Gasteiger partial charge in [0.1, 0.15) is 5.25 Å². The van der Waals surface area contributed by atoms with Gasteiger partial charge in [0.2, 0.25) is 0 Å². The van der Waals surface area contributed by atoms with Crippen molar-refractivity contribution in [3.05, 3.63) is 6.42 Å². The van der Waals surface area contributed by atoms with E-state index in [1.165, 1.54) is 6.42 Å². The van der Waals surface area contributed by atoms with Crippen molar-refractivity contribution >= 4 is 11.9 Å². The fourth-order valence-electron chi connectivity index (χ4n) is 0.542. The average Bonchev–Trinajstić information content (AvgIpc) is 2.08. The van der Waals surface area contributed by atoms with E-state index in [1.54, 1.807) is 0 Å². The first-order chi connectivity index (χ1) is 4.11. The average molecular weight is 156 g/mol. The molecule has 1 saturated heterocycles. The maximum atomic E-state index is 11.7. The highest BCUT2D eigenvalue weighted by Gasteiger charge is 2.42. The molecule has 1 N–H and O–H groups in total. The van der Waals surface area contributed by atoms with Crippen molar-refractivity contribution in [2.24, 2.45) is 0 Å². The van der Waals surface area contributed by atoms with E-state index in [4.69, 9.17) is 0 Å². The Hall–Kier alpha value is 0.100. The van der Waals surface area contributed by atoms with E-state index in [1.807, 2.05) is 0 Å². The molecule has 5 heteroatoms. The van der Waals surface area contributed by atoms with Gasteiger partial charge in [0.25, 0.3) is 0 Å². The summed E-state index contributed by atoms with van der Waals surface area (Å²) >= 11 is 0.719. The first kappa shape index (κ1) is 7.21. The number of hydrogen-bond donors (Lipinski definition) is 1. The smallest absolute Gasteiger partial charge is 0.263 e. The zero-order chi connectivity index (χ0) is 6.91. The van der Waals surface area contributed by atoms with Crippen molar-refractivity contribution in [3.63, 3.8) is 0 Å². The summed E-state index contributed by atoms with van der Waals surface area (Å²) < 4.78 is 37.5. The molecule has 1 heterocycles. The van der Waals surface area contributed by atoms with Crippen molar-refractivity contribution < 1.29 is 13.2 Å². The topological polar surface area (TPSA) is 12.0 Å². The van der Waals surface area contributed by atoms with Gasteiger partial charge in [-0.3, -0.25) is 4.72 Å². The third-order valence-electron chi connectivity index (χ3n) is 0.948. The van der Waals surface area contributed by atoms with Crippen LogP contribution in [-0.4, -0.2) is 18.0 Å². The molecule has 0 saturated carbocycles. The van der Waals surface area contributed by atoms with Gasteiger partial charge in [-0.15, -0.1) is 0 Å². The third-order valence-corrected chi connectivity index (χ3v) is 2.00. The lowest BCUT2D eigenvalue weighted by molar-refractivity contribution is -0.122. The quantitative estimate of drug-likeness (QED) is 0.531. The first-order valence-electron chi connectivity index (χ1n) is 2.39. The van der Waals surface area contributed by atoms with E-state index >= 15 is 0 Å². The van der Waals surface area contributed by atoms with Gasteiger partial charge in [0.15, 0.2) is 0 Å². The van der Waals surface area contributed by atoms with Crippen LogP contribution in [0, 0.1) is 6.42 Å². The Kier molecular flexibility index (Phi) is 1.91. The summed E-state index contributed by atoms with van der Waals surface area (Å²) in [6.07, 6.45) is -2.86. The van der Waals surface area contributed by atoms with Crippen molar-refractivity contribution in [2.75, 3.05) is 6.54 Å². The van der Waals surface area contributed by atoms with Gasteiger partial charge in [-0.1, -0.05) is 11.9 Å². The molecule has 1 atom stereocenters. The van der Waals surface area contributed by atoms with E-state index in [0.717, 1.165) is 11.9 Å². The molecule has 9 heavy (non-hydrogen) atoms. The predicted molar refractivity (Wildman–Crippen MR) is 29.7 cm³/mol. The van der Waals surface area contributed by atoms with Crippen LogP contribution in [0.25, 0.3) is 0 Å². The van der Waals surface area contributed by atoms with Crippen molar-refractivity contribution in [1.82, 2.24) is 4.72 Å². The molecule has 0 aliphatic carbocycles. The zero-order valence-electron chi connectivity index (χ0n) is 4.40. The molecule has 1 aliphatic heterocycles. The van der Waals surface area contributed by atoms with Gasteiger partial charge in [-0.05, 0) is 6.42 Å². The minimum atomic E-state index is -4.08. The molecule has 1 nitrogen and oxygen atoms in total. The van der Waals surface area contributed by atoms with Crippen LogP contribution in [0.2, 0.25) is 0 Å². The van der Waals surface area contributed by atoms with Gasteiger partial charge in [-0.25, -0.2) is 0 Å². The van der Waals surface area contributed by atoms with Crippen LogP contribution in [0.1, 0.15) is 0 Å². The molecule has 0 aromatic carbocycles. The molecule has 1 aliphatic rings. The molecular formula is C4H5F3NS. The molecule has 53 valence electrons. The molecule has 1 radical (unpaired) electrons. The normalized spacial score (nSPS) is 29.0. The van der Waals surface area contributed by atoms with Gasteiger partial charge >= 0.3 is 6.18 Å². The molecular weight excluding hydrogens is 151 g/mol.